The van der Waals surface area contributed by atoms with Gasteiger partial charge >= 0.3 is 0 Å². The average Bonchev–Trinajstić information content (AvgIpc) is 3.35. The highest BCUT2D eigenvalue weighted by atomic mass is 32.2. The van der Waals surface area contributed by atoms with Crippen LogP contribution in [0, 0.1) is 0 Å². The Balaban J connectivity index is 1.26. The standard InChI is InChI=1S/C32H33N5O4S/c1-3-27(30(39)34-22-12-9-13-23(20-22)41-2)42-32-36-25-15-8-7-14-24(25)29-35-26(31(40)37(29)32)16-17-28(38)33-19-18-21-10-5-4-6-11-21/h4-15,20,26-27H,3,16-19H2,1-2H3,(H,33,38)(H,34,39)/t26-,27+/m0/s1. The summed E-state index contributed by atoms with van der Waals surface area (Å²) in [7, 11) is 1.57. The van der Waals surface area contributed by atoms with E-state index in [0.717, 1.165) is 17.5 Å². The molecule has 0 aromatic heterocycles. The summed E-state index contributed by atoms with van der Waals surface area (Å²) in [5.74, 6) is 0.580. The third-order valence-electron chi connectivity index (χ3n) is 7.02. The Morgan fingerprint density at radius 1 is 1.05 bits per heavy atom. The molecule has 216 valence electrons. The minimum atomic E-state index is -0.706. The highest BCUT2D eigenvalue weighted by molar-refractivity contribution is 8.15. The van der Waals surface area contributed by atoms with Crippen LogP contribution in [0.25, 0.3) is 0 Å². The van der Waals surface area contributed by atoms with E-state index in [2.05, 4.69) is 10.6 Å². The quantitative estimate of drug-likeness (QED) is 0.332. The van der Waals surface area contributed by atoms with Crippen LogP contribution in [-0.4, -0.2) is 58.6 Å². The highest BCUT2D eigenvalue weighted by Gasteiger charge is 2.42. The molecule has 42 heavy (non-hydrogen) atoms. The predicted octanol–water partition coefficient (Wildman–Crippen LogP) is 4.94. The van der Waals surface area contributed by atoms with Gasteiger partial charge < -0.3 is 15.4 Å². The van der Waals surface area contributed by atoms with Crippen molar-refractivity contribution in [3.8, 4) is 5.75 Å². The number of amides is 3. The van der Waals surface area contributed by atoms with E-state index in [0.29, 0.717) is 41.1 Å². The van der Waals surface area contributed by atoms with Crippen molar-refractivity contribution in [2.45, 2.75) is 43.9 Å². The lowest BCUT2D eigenvalue weighted by Crippen LogP contribution is -2.42. The van der Waals surface area contributed by atoms with E-state index in [4.69, 9.17) is 14.7 Å². The van der Waals surface area contributed by atoms with Crippen LogP contribution in [0.4, 0.5) is 11.4 Å². The van der Waals surface area contributed by atoms with Gasteiger partial charge in [-0.3, -0.25) is 19.4 Å². The first kappa shape index (κ1) is 29.1. The number of ether oxygens (including phenoxy) is 1. The molecule has 2 aliphatic rings. The van der Waals surface area contributed by atoms with E-state index in [1.807, 2.05) is 61.5 Å². The zero-order chi connectivity index (χ0) is 29.5. The van der Waals surface area contributed by atoms with Gasteiger partial charge in [-0.15, -0.1) is 0 Å². The Hall–Kier alpha value is -4.44. The summed E-state index contributed by atoms with van der Waals surface area (Å²) in [5.41, 5.74) is 3.21. The Morgan fingerprint density at radius 2 is 1.83 bits per heavy atom. The number of benzene rings is 3. The first-order valence-electron chi connectivity index (χ1n) is 14.0. The molecule has 5 rings (SSSR count). The molecule has 2 heterocycles. The number of hydrogen-bond acceptors (Lipinski definition) is 7. The van der Waals surface area contributed by atoms with Crippen molar-refractivity contribution < 1.29 is 19.1 Å². The second kappa shape index (κ2) is 13.5. The lowest BCUT2D eigenvalue weighted by atomic mass is 10.1. The van der Waals surface area contributed by atoms with E-state index in [1.165, 1.54) is 16.7 Å². The number of carbonyl (C=O) groups is 3. The molecule has 2 atom stereocenters. The molecule has 0 radical (unpaired) electrons. The first-order chi connectivity index (χ1) is 20.5. The molecule has 3 aromatic rings. The van der Waals surface area contributed by atoms with Crippen molar-refractivity contribution in [3.63, 3.8) is 0 Å². The van der Waals surface area contributed by atoms with Gasteiger partial charge in [0.1, 0.15) is 17.6 Å². The molecular formula is C32H33N5O4S. The van der Waals surface area contributed by atoms with Crippen LogP contribution in [0.3, 0.4) is 0 Å². The predicted molar refractivity (Wildman–Crippen MR) is 166 cm³/mol. The van der Waals surface area contributed by atoms with Gasteiger partial charge in [0.15, 0.2) is 5.17 Å². The molecule has 0 unspecified atom stereocenters. The maximum Gasteiger partial charge on any atom is 0.259 e. The first-order valence-corrected chi connectivity index (χ1v) is 14.9. The number of aliphatic imine (C=N–C) groups is 2. The van der Waals surface area contributed by atoms with Gasteiger partial charge in [0.25, 0.3) is 5.91 Å². The van der Waals surface area contributed by atoms with Gasteiger partial charge in [-0.2, -0.15) is 0 Å². The van der Waals surface area contributed by atoms with E-state index >= 15 is 0 Å². The fourth-order valence-electron chi connectivity index (χ4n) is 4.79. The third-order valence-corrected chi connectivity index (χ3v) is 8.34. The number of hydrogen-bond donors (Lipinski definition) is 2. The van der Waals surface area contributed by atoms with Crippen LogP contribution in [0.15, 0.2) is 88.8 Å². The molecule has 0 saturated heterocycles. The lowest BCUT2D eigenvalue weighted by molar-refractivity contribution is -0.125. The second-order valence-corrected chi connectivity index (χ2v) is 11.1. The van der Waals surface area contributed by atoms with Crippen molar-refractivity contribution in [2.75, 3.05) is 19.0 Å². The van der Waals surface area contributed by atoms with Gasteiger partial charge in [-0.25, -0.2) is 9.89 Å². The minimum absolute atomic E-state index is 0.118. The van der Waals surface area contributed by atoms with Gasteiger partial charge in [0.05, 0.1) is 18.0 Å². The number of para-hydroxylation sites is 1. The molecule has 3 amide bonds. The minimum Gasteiger partial charge on any atom is -0.497 e. The van der Waals surface area contributed by atoms with Crippen molar-refractivity contribution in [2.24, 2.45) is 9.98 Å². The number of nitrogens with zero attached hydrogens (tertiary/aromatic N) is 3. The van der Waals surface area contributed by atoms with E-state index in [-0.39, 0.29) is 30.6 Å². The van der Waals surface area contributed by atoms with Crippen LogP contribution >= 0.6 is 11.8 Å². The van der Waals surface area contributed by atoms with Crippen molar-refractivity contribution >= 4 is 51.9 Å². The van der Waals surface area contributed by atoms with E-state index < -0.39 is 11.3 Å². The molecule has 0 bridgehead atoms. The van der Waals surface area contributed by atoms with Crippen LogP contribution in [0.5, 0.6) is 5.75 Å². The monoisotopic (exact) mass is 583 g/mol. The summed E-state index contributed by atoms with van der Waals surface area (Å²) in [6.07, 6.45) is 1.71. The second-order valence-electron chi connectivity index (χ2n) is 9.91. The maximum atomic E-state index is 13.6. The normalized spacial score (nSPS) is 16.1. The van der Waals surface area contributed by atoms with Crippen LogP contribution in [0.1, 0.15) is 37.3 Å². The van der Waals surface area contributed by atoms with Gasteiger partial charge in [0, 0.05) is 30.3 Å². The molecule has 10 heteroatoms. The molecule has 0 fully saturated rings. The van der Waals surface area contributed by atoms with Crippen LogP contribution in [-0.2, 0) is 20.8 Å². The maximum absolute atomic E-state index is 13.6. The summed E-state index contributed by atoms with van der Waals surface area (Å²) in [5, 5.41) is 5.77. The van der Waals surface area contributed by atoms with Crippen molar-refractivity contribution in [3.05, 3.63) is 90.0 Å². The molecule has 3 aromatic carbocycles. The zero-order valence-electron chi connectivity index (χ0n) is 23.6. The van der Waals surface area contributed by atoms with E-state index in [9.17, 15) is 14.4 Å². The Labute approximate surface area is 249 Å². The average molecular weight is 584 g/mol. The summed E-state index contributed by atoms with van der Waals surface area (Å²) in [4.78, 5) is 50.5. The summed E-state index contributed by atoms with van der Waals surface area (Å²) < 4.78 is 5.26. The van der Waals surface area contributed by atoms with Gasteiger partial charge in [0.2, 0.25) is 11.8 Å². The lowest BCUT2D eigenvalue weighted by Gasteiger charge is -2.27. The van der Waals surface area contributed by atoms with Gasteiger partial charge in [-0.1, -0.05) is 67.2 Å². The van der Waals surface area contributed by atoms with Crippen LogP contribution in [0.2, 0.25) is 0 Å². The zero-order valence-corrected chi connectivity index (χ0v) is 24.4. The topological polar surface area (TPSA) is 112 Å². The Kier molecular flexibility index (Phi) is 9.33. The summed E-state index contributed by atoms with van der Waals surface area (Å²) in [6, 6.07) is 23.9. The van der Waals surface area contributed by atoms with Crippen molar-refractivity contribution in [1.82, 2.24) is 10.2 Å². The number of methoxy groups -OCH3 is 1. The Bertz CT molecular complexity index is 1520. The number of rotatable bonds is 11. The molecule has 0 saturated carbocycles. The van der Waals surface area contributed by atoms with Crippen LogP contribution < -0.4 is 15.4 Å². The third kappa shape index (κ3) is 6.71. The molecule has 0 aliphatic carbocycles. The molecule has 9 nitrogen and oxygen atoms in total. The van der Waals surface area contributed by atoms with E-state index in [1.54, 1.807) is 31.4 Å². The fraction of sp³-hybridized carbons (Fsp3) is 0.281. The smallest absolute Gasteiger partial charge is 0.259 e. The SMILES string of the molecule is CC[C@@H](SC1=Nc2ccccc2C2=N[C@@H](CCC(=O)NCCc3ccccc3)C(=O)N12)C(=O)Nc1cccc(OC)c1. The largest absolute Gasteiger partial charge is 0.497 e. The molecule has 0 spiro atoms. The number of anilines is 1. The van der Waals surface area contributed by atoms with Crippen molar-refractivity contribution in [1.29, 1.82) is 0 Å². The molecule has 2 N–H and O–H groups in total. The molecule has 2 aliphatic heterocycles. The number of nitrogens with one attached hydrogen (secondary N) is 2. The molecular weight excluding hydrogens is 550 g/mol. The number of carbonyl (C=O) groups excluding carboxylic acids is 3. The number of amidine groups is 2. The van der Waals surface area contributed by atoms with Gasteiger partial charge in [-0.05, 0) is 49.1 Å². The number of fused-ring (bicyclic) bond motifs is 3. The Morgan fingerprint density at radius 3 is 2.62 bits per heavy atom. The number of thioether (sulfide) groups is 1. The summed E-state index contributed by atoms with van der Waals surface area (Å²) in [6.45, 7) is 2.44. The highest BCUT2D eigenvalue weighted by Crippen LogP contribution is 2.36. The summed E-state index contributed by atoms with van der Waals surface area (Å²) >= 11 is 1.23. The fourth-order valence-corrected chi connectivity index (χ4v) is 5.81.